The van der Waals surface area contributed by atoms with E-state index in [0.29, 0.717) is 22.4 Å². The highest BCUT2D eigenvalue weighted by Gasteiger charge is 2.13. The Balaban J connectivity index is 1.72. The minimum atomic E-state index is -0.663. The number of nitrogens with one attached hydrogen (secondary N) is 1. The summed E-state index contributed by atoms with van der Waals surface area (Å²) in [6, 6.07) is 22.3. The predicted molar refractivity (Wildman–Crippen MR) is 120 cm³/mol. The van der Waals surface area contributed by atoms with E-state index in [1.165, 1.54) is 30.3 Å². The van der Waals surface area contributed by atoms with Gasteiger partial charge in [0.05, 0.1) is 9.40 Å². The Morgan fingerprint density at radius 3 is 2.58 bits per heavy atom. The van der Waals surface area contributed by atoms with E-state index < -0.39 is 10.8 Å². The number of carbonyl (C=O) groups excluding carboxylic acids is 1. The molecule has 0 atom stereocenters. The highest BCUT2D eigenvalue weighted by Crippen LogP contribution is 2.28. The second-order valence-electron chi connectivity index (χ2n) is 6.40. The Morgan fingerprint density at radius 1 is 1.13 bits per heavy atom. The monoisotopic (exact) mass is 477 g/mol. The summed E-state index contributed by atoms with van der Waals surface area (Å²) in [6.07, 6.45) is 1.43. The maximum Gasteiger partial charge on any atom is 0.271 e. The van der Waals surface area contributed by atoms with Crippen LogP contribution in [-0.4, -0.2) is 10.8 Å². The molecule has 0 aliphatic heterocycles. The van der Waals surface area contributed by atoms with Gasteiger partial charge in [0.2, 0.25) is 0 Å². The van der Waals surface area contributed by atoms with Crippen LogP contribution in [0.2, 0.25) is 0 Å². The van der Waals surface area contributed by atoms with Gasteiger partial charge in [-0.15, -0.1) is 0 Å². The number of carbonyl (C=O) groups is 1. The smallest absolute Gasteiger partial charge is 0.271 e. The zero-order chi connectivity index (χ0) is 22.2. The van der Waals surface area contributed by atoms with E-state index in [0.717, 1.165) is 5.56 Å². The molecule has 8 heteroatoms. The first-order chi connectivity index (χ1) is 15.0. The summed E-state index contributed by atoms with van der Waals surface area (Å²) in [7, 11) is 0. The number of halogens is 1. The fourth-order valence-corrected chi connectivity index (χ4v) is 3.18. The minimum absolute atomic E-state index is 0.142. The molecule has 7 nitrogen and oxygen atoms in total. The molecule has 31 heavy (non-hydrogen) atoms. The van der Waals surface area contributed by atoms with E-state index in [-0.39, 0.29) is 16.9 Å². The van der Waals surface area contributed by atoms with Gasteiger partial charge in [0, 0.05) is 17.8 Å². The molecule has 0 heterocycles. The average molecular weight is 478 g/mol. The van der Waals surface area contributed by atoms with Gasteiger partial charge in [0.1, 0.15) is 24.0 Å². The molecule has 0 aromatic heterocycles. The number of hydrogen-bond acceptors (Lipinski definition) is 5. The van der Waals surface area contributed by atoms with Crippen LogP contribution in [0.3, 0.4) is 0 Å². The summed E-state index contributed by atoms with van der Waals surface area (Å²) in [5, 5.41) is 22.8. The van der Waals surface area contributed by atoms with Crippen LogP contribution >= 0.6 is 15.9 Å². The van der Waals surface area contributed by atoms with Crippen molar-refractivity contribution in [2.75, 3.05) is 5.32 Å². The van der Waals surface area contributed by atoms with Crippen LogP contribution in [0.15, 0.2) is 82.8 Å². The standard InChI is InChI=1S/C23H16BrN3O4/c24-21-12-17(9-10-22(21)31-15-16-5-2-1-3-6-16)11-18(14-25)23(28)26-19-7-4-8-20(13-19)27(29)30/h1-13H,15H2,(H,26,28)/b18-11+. The zero-order valence-corrected chi connectivity index (χ0v) is 17.7. The van der Waals surface area contributed by atoms with Crippen molar-refractivity contribution in [3.8, 4) is 11.8 Å². The summed E-state index contributed by atoms with van der Waals surface area (Å²) >= 11 is 3.44. The normalized spacial score (nSPS) is 10.8. The molecular weight excluding hydrogens is 462 g/mol. The molecule has 154 valence electrons. The van der Waals surface area contributed by atoms with Crippen LogP contribution in [0.4, 0.5) is 11.4 Å². The number of nitro benzene ring substituents is 1. The lowest BCUT2D eigenvalue weighted by atomic mass is 10.1. The topological polar surface area (TPSA) is 105 Å². The number of nitrogens with zero attached hydrogens (tertiary/aromatic N) is 2. The number of amides is 1. The average Bonchev–Trinajstić information content (AvgIpc) is 2.77. The van der Waals surface area contributed by atoms with Crippen LogP contribution in [0, 0.1) is 21.4 Å². The number of nitro groups is 1. The largest absolute Gasteiger partial charge is 0.488 e. The van der Waals surface area contributed by atoms with E-state index in [9.17, 15) is 20.2 Å². The summed E-state index contributed by atoms with van der Waals surface area (Å²) < 4.78 is 6.47. The molecule has 0 unspecified atom stereocenters. The number of nitriles is 1. The first kappa shape index (κ1) is 21.7. The first-order valence-electron chi connectivity index (χ1n) is 9.10. The second kappa shape index (κ2) is 10.2. The fraction of sp³-hybridized carbons (Fsp3) is 0.0435. The number of ether oxygens (including phenoxy) is 1. The van der Waals surface area contributed by atoms with Crippen molar-refractivity contribution < 1.29 is 14.5 Å². The summed E-state index contributed by atoms with van der Waals surface area (Å²) in [6.45, 7) is 0.406. The molecule has 3 rings (SSSR count). The number of rotatable bonds is 7. The van der Waals surface area contributed by atoms with Crippen LogP contribution in [0.1, 0.15) is 11.1 Å². The molecule has 0 aliphatic rings. The summed E-state index contributed by atoms with van der Waals surface area (Å²) in [4.78, 5) is 22.7. The van der Waals surface area contributed by atoms with Gasteiger partial charge >= 0.3 is 0 Å². The van der Waals surface area contributed by atoms with Crippen LogP contribution in [0.25, 0.3) is 6.08 Å². The minimum Gasteiger partial charge on any atom is -0.488 e. The highest BCUT2D eigenvalue weighted by atomic mass is 79.9. The summed E-state index contributed by atoms with van der Waals surface area (Å²) in [5.74, 6) is -0.0379. The van der Waals surface area contributed by atoms with E-state index in [1.54, 1.807) is 18.2 Å². The second-order valence-corrected chi connectivity index (χ2v) is 7.25. The van der Waals surface area contributed by atoms with Gasteiger partial charge in [0.25, 0.3) is 11.6 Å². The summed E-state index contributed by atoms with van der Waals surface area (Å²) in [5.41, 5.74) is 1.57. The zero-order valence-electron chi connectivity index (χ0n) is 16.1. The fourth-order valence-electron chi connectivity index (χ4n) is 2.67. The third kappa shape index (κ3) is 6.01. The molecule has 0 saturated heterocycles. The van der Waals surface area contributed by atoms with Crippen molar-refractivity contribution >= 4 is 39.3 Å². The number of non-ortho nitro benzene ring substituents is 1. The van der Waals surface area contributed by atoms with Crippen molar-refractivity contribution in [2.24, 2.45) is 0 Å². The van der Waals surface area contributed by atoms with Gasteiger partial charge < -0.3 is 10.1 Å². The molecule has 0 radical (unpaired) electrons. The molecule has 1 N–H and O–H groups in total. The SMILES string of the molecule is N#C/C(=C\c1ccc(OCc2ccccc2)c(Br)c1)C(=O)Nc1cccc([N+](=O)[O-])c1. The Labute approximate surface area is 186 Å². The Morgan fingerprint density at radius 2 is 1.90 bits per heavy atom. The van der Waals surface area contributed by atoms with Gasteiger partial charge in [-0.1, -0.05) is 42.5 Å². The molecule has 0 aliphatic carbocycles. The number of hydrogen-bond donors (Lipinski definition) is 1. The van der Waals surface area contributed by atoms with Gasteiger partial charge in [-0.3, -0.25) is 14.9 Å². The maximum atomic E-state index is 12.4. The van der Waals surface area contributed by atoms with Gasteiger partial charge in [-0.05, 0) is 51.3 Å². The molecule has 0 fully saturated rings. The molecule has 0 saturated carbocycles. The molecule has 1 amide bonds. The lowest BCUT2D eigenvalue weighted by molar-refractivity contribution is -0.384. The van der Waals surface area contributed by atoms with Crippen molar-refractivity contribution in [1.82, 2.24) is 0 Å². The van der Waals surface area contributed by atoms with E-state index in [2.05, 4.69) is 21.2 Å². The Hall–Kier alpha value is -3.96. The molecule has 3 aromatic carbocycles. The Bertz CT molecular complexity index is 1190. The Kier molecular flexibility index (Phi) is 7.14. The van der Waals surface area contributed by atoms with Gasteiger partial charge in [0.15, 0.2) is 0 Å². The van der Waals surface area contributed by atoms with E-state index >= 15 is 0 Å². The van der Waals surface area contributed by atoms with Gasteiger partial charge in [-0.25, -0.2) is 0 Å². The third-order valence-electron chi connectivity index (χ3n) is 4.18. The number of benzene rings is 3. The van der Waals surface area contributed by atoms with Crippen LogP contribution < -0.4 is 10.1 Å². The predicted octanol–water partition coefficient (Wildman–Crippen LogP) is 5.48. The highest BCUT2D eigenvalue weighted by molar-refractivity contribution is 9.10. The first-order valence-corrected chi connectivity index (χ1v) is 9.89. The maximum absolute atomic E-state index is 12.4. The van der Waals surface area contributed by atoms with Crippen LogP contribution in [-0.2, 0) is 11.4 Å². The van der Waals surface area contributed by atoms with Crippen molar-refractivity contribution in [1.29, 1.82) is 5.26 Å². The quantitative estimate of drug-likeness (QED) is 0.210. The van der Waals surface area contributed by atoms with Gasteiger partial charge in [-0.2, -0.15) is 5.26 Å². The van der Waals surface area contributed by atoms with Crippen molar-refractivity contribution in [3.63, 3.8) is 0 Å². The van der Waals surface area contributed by atoms with Crippen molar-refractivity contribution in [2.45, 2.75) is 6.61 Å². The molecular formula is C23H16BrN3O4. The lowest BCUT2D eigenvalue weighted by Crippen LogP contribution is -2.13. The molecule has 0 bridgehead atoms. The lowest BCUT2D eigenvalue weighted by Gasteiger charge is -2.09. The van der Waals surface area contributed by atoms with E-state index in [4.69, 9.17) is 4.74 Å². The third-order valence-corrected chi connectivity index (χ3v) is 4.80. The van der Waals surface area contributed by atoms with Crippen LogP contribution in [0.5, 0.6) is 5.75 Å². The number of anilines is 1. The van der Waals surface area contributed by atoms with Crippen molar-refractivity contribution in [3.05, 3.63) is 104 Å². The molecule has 0 spiro atoms. The molecule has 3 aromatic rings. The van der Waals surface area contributed by atoms with E-state index in [1.807, 2.05) is 36.4 Å².